The van der Waals surface area contributed by atoms with E-state index in [9.17, 15) is 4.79 Å². The highest BCUT2D eigenvalue weighted by Gasteiger charge is 2.04. The quantitative estimate of drug-likeness (QED) is 0.172. The predicted octanol–water partition coefficient (Wildman–Crippen LogP) is -1.65. The lowest BCUT2D eigenvalue weighted by atomic mass is 10.6. The minimum Gasteiger partial charge on any atom is -0.315 e. The molecule has 2 amide bonds. The Morgan fingerprint density at radius 3 is 2.73 bits per heavy atom. The van der Waals surface area contributed by atoms with Gasteiger partial charge < -0.3 is 5.32 Å². The zero-order chi connectivity index (χ0) is 8.69. The van der Waals surface area contributed by atoms with E-state index in [4.69, 9.17) is 11.7 Å². The molecule has 6 heteroatoms. The first kappa shape index (κ1) is 10.2. The van der Waals surface area contributed by atoms with Crippen molar-refractivity contribution in [3.63, 3.8) is 0 Å². The third-order valence-electron chi connectivity index (χ3n) is 1.16. The van der Waals surface area contributed by atoms with E-state index in [1.54, 1.807) is 0 Å². The molecule has 0 rings (SSSR count). The summed E-state index contributed by atoms with van der Waals surface area (Å²) < 4.78 is 0. The molecular formula is C5H15N5O. The molecule has 0 aromatic carbocycles. The van der Waals surface area contributed by atoms with Crippen LogP contribution in [0.15, 0.2) is 0 Å². The second-order valence-electron chi connectivity index (χ2n) is 2.00. The summed E-state index contributed by atoms with van der Waals surface area (Å²) >= 11 is 0. The number of likely N-dealkylation sites (N-methyl/N-ethyl adjacent to an activating group) is 1. The van der Waals surface area contributed by atoms with E-state index in [2.05, 4.69) is 5.32 Å². The first-order valence-corrected chi connectivity index (χ1v) is 3.46. The van der Waals surface area contributed by atoms with E-state index < -0.39 is 6.03 Å². The van der Waals surface area contributed by atoms with Gasteiger partial charge in [-0.2, -0.15) is 0 Å². The smallest absolute Gasteiger partial charge is 0.315 e. The molecule has 0 bridgehead atoms. The fourth-order valence-electron chi connectivity index (χ4n) is 0.561. The molecule has 0 saturated carbocycles. The average Bonchev–Trinajstić information content (AvgIpc) is 2.03. The molecule has 0 aromatic heterocycles. The summed E-state index contributed by atoms with van der Waals surface area (Å²) in [5, 5.41) is 4.03. The van der Waals surface area contributed by atoms with Crippen LogP contribution in [0.5, 0.6) is 0 Å². The van der Waals surface area contributed by atoms with Crippen molar-refractivity contribution in [2.45, 2.75) is 6.92 Å². The lowest BCUT2D eigenvalue weighted by molar-refractivity contribution is 0.199. The van der Waals surface area contributed by atoms with E-state index >= 15 is 0 Å². The number of hydrogen-bond donors (Lipinski definition) is 4. The number of nitrogens with zero attached hydrogens (tertiary/aromatic N) is 1. The molecule has 6 nitrogen and oxygen atoms in total. The Bertz CT molecular complexity index is 117. The van der Waals surface area contributed by atoms with Crippen LogP contribution < -0.4 is 22.4 Å². The molecule has 0 aliphatic heterocycles. The number of nitrogens with two attached hydrogens (primary N) is 2. The molecule has 0 spiro atoms. The van der Waals surface area contributed by atoms with Gasteiger partial charge >= 0.3 is 6.03 Å². The summed E-state index contributed by atoms with van der Waals surface area (Å²) in [5.74, 6) is 10.1. The van der Waals surface area contributed by atoms with Crippen molar-refractivity contribution in [2.24, 2.45) is 11.7 Å². The van der Waals surface area contributed by atoms with Gasteiger partial charge in [0.1, 0.15) is 0 Å². The zero-order valence-electron chi connectivity index (χ0n) is 6.63. The number of urea groups is 1. The summed E-state index contributed by atoms with van der Waals surface area (Å²) in [5.41, 5.74) is 1.93. The Morgan fingerprint density at radius 2 is 2.27 bits per heavy atom. The van der Waals surface area contributed by atoms with Crippen molar-refractivity contribution in [2.75, 3.05) is 19.6 Å². The number of carbonyl (C=O) groups is 1. The van der Waals surface area contributed by atoms with Gasteiger partial charge in [-0.3, -0.25) is 10.4 Å². The van der Waals surface area contributed by atoms with Crippen molar-refractivity contribution in [3.05, 3.63) is 0 Å². The number of nitrogens with one attached hydrogen (secondary N) is 2. The molecule has 0 fully saturated rings. The van der Waals surface area contributed by atoms with Gasteiger partial charge in [0.15, 0.2) is 0 Å². The highest BCUT2D eigenvalue weighted by molar-refractivity contribution is 5.72. The van der Waals surface area contributed by atoms with Crippen molar-refractivity contribution >= 4 is 6.03 Å². The standard InChI is InChI=1S/C5H15N5O/c1-2-8-3-4-10(7)5(11)9-6/h8H,2-4,6-7H2,1H3,(H,9,11). The second kappa shape index (κ2) is 5.90. The maximum Gasteiger partial charge on any atom is 0.345 e. The van der Waals surface area contributed by atoms with Crippen LogP contribution in [-0.4, -0.2) is 30.7 Å². The van der Waals surface area contributed by atoms with Crippen LogP contribution in [0.1, 0.15) is 6.92 Å². The number of hydrazine groups is 2. The summed E-state index contributed by atoms with van der Waals surface area (Å²) in [4.78, 5) is 10.6. The van der Waals surface area contributed by atoms with Gasteiger partial charge in [-0.05, 0) is 6.54 Å². The Labute approximate surface area is 65.8 Å². The van der Waals surface area contributed by atoms with Crippen LogP contribution in [0.25, 0.3) is 0 Å². The van der Waals surface area contributed by atoms with Crippen LogP contribution in [0.4, 0.5) is 4.79 Å². The summed E-state index contributed by atoms with van der Waals surface area (Å²) in [7, 11) is 0. The normalized spacial score (nSPS) is 9.36. The Kier molecular flexibility index (Phi) is 5.44. The average molecular weight is 161 g/mol. The van der Waals surface area contributed by atoms with Crippen molar-refractivity contribution < 1.29 is 4.79 Å². The predicted molar refractivity (Wildman–Crippen MR) is 42.2 cm³/mol. The number of carbonyl (C=O) groups excluding carboxylic acids is 1. The molecule has 0 heterocycles. The Balaban J connectivity index is 3.36. The topological polar surface area (TPSA) is 96.4 Å². The van der Waals surface area contributed by atoms with Gasteiger partial charge in [-0.25, -0.2) is 16.5 Å². The van der Waals surface area contributed by atoms with Crippen LogP contribution in [0, 0.1) is 0 Å². The van der Waals surface area contributed by atoms with Crippen LogP contribution in [-0.2, 0) is 0 Å². The highest BCUT2D eigenvalue weighted by Crippen LogP contribution is 1.75. The largest absolute Gasteiger partial charge is 0.345 e. The minimum atomic E-state index is -0.483. The van der Waals surface area contributed by atoms with Crippen LogP contribution >= 0.6 is 0 Å². The third kappa shape index (κ3) is 4.54. The van der Waals surface area contributed by atoms with Gasteiger partial charge in [-0.15, -0.1) is 0 Å². The first-order chi connectivity index (χ1) is 5.22. The number of hydrogen-bond acceptors (Lipinski definition) is 4. The molecule has 11 heavy (non-hydrogen) atoms. The van der Waals surface area contributed by atoms with Crippen LogP contribution in [0.3, 0.4) is 0 Å². The zero-order valence-corrected chi connectivity index (χ0v) is 6.63. The highest BCUT2D eigenvalue weighted by atomic mass is 16.2. The Hall–Kier alpha value is -0.850. The summed E-state index contributed by atoms with van der Waals surface area (Å²) in [6, 6.07) is -0.483. The van der Waals surface area contributed by atoms with Gasteiger partial charge in [0.05, 0.1) is 6.54 Å². The van der Waals surface area contributed by atoms with Crippen molar-refractivity contribution in [1.82, 2.24) is 15.8 Å². The summed E-state index contributed by atoms with van der Waals surface area (Å²) in [6.45, 7) is 3.94. The third-order valence-corrected chi connectivity index (χ3v) is 1.16. The molecule has 0 unspecified atom stereocenters. The lowest BCUT2D eigenvalue weighted by Gasteiger charge is -2.15. The molecular weight excluding hydrogens is 146 g/mol. The van der Waals surface area contributed by atoms with E-state index in [-0.39, 0.29) is 0 Å². The van der Waals surface area contributed by atoms with E-state index in [1.165, 1.54) is 0 Å². The number of rotatable bonds is 4. The van der Waals surface area contributed by atoms with Crippen molar-refractivity contribution in [1.29, 1.82) is 0 Å². The molecule has 0 aliphatic rings. The second-order valence-corrected chi connectivity index (χ2v) is 2.00. The maximum atomic E-state index is 10.6. The molecule has 0 radical (unpaired) electrons. The van der Waals surface area contributed by atoms with E-state index in [0.717, 1.165) is 11.6 Å². The van der Waals surface area contributed by atoms with E-state index in [0.29, 0.717) is 13.1 Å². The minimum absolute atomic E-state index is 0.441. The fourth-order valence-corrected chi connectivity index (χ4v) is 0.561. The Morgan fingerprint density at radius 1 is 1.64 bits per heavy atom. The lowest BCUT2D eigenvalue weighted by Crippen LogP contribution is -2.49. The number of amides is 2. The van der Waals surface area contributed by atoms with E-state index in [1.807, 2.05) is 12.3 Å². The first-order valence-electron chi connectivity index (χ1n) is 3.46. The molecule has 0 aliphatic carbocycles. The molecule has 0 aromatic rings. The van der Waals surface area contributed by atoms with Gasteiger partial charge in [0.25, 0.3) is 0 Å². The van der Waals surface area contributed by atoms with Gasteiger partial charge in [-0.1, -0.05) is 6.92 Å². The van der Waals surface area contributed by atoms with Gasteiger partial charge in [0.2, 0.25) is 0 Å². The molecule has 6 N–H and O–H groups in total. The molecule has 0 atom stereocenters. The van der Waals surface area contributed by atoms with Gasteiger partial charge in [0, 0.05) is 6.54 Å². The van der Waals surface area contributed by atoms with Crippen LogP contribution in [0.2, 0.25) is 0 Å². The molecule has 66 valence electrons. The maximum absolute atomic E-state index is 10.6. The van der Waals surface area contributed by atoms with Crippen molar-refractivity contribution in [3.8, 4) is 0 Å². The summed E-state index contributed by atoms with van der Waals surface area (Å²) in [6.07, 6.45) is 0. The SMILES string of the molecule is CCNCCN(N)C(=O)NN. The fraction of sp³-hybridized carbons (Fsp3) is 0.800. The molecule has 0 saturated heterocycles. The monoisotopic (exact) mass is 161 g/mol.